The molecule has 0 saturated heterocycles. The summed E-state index contributed by atoms with van der Waals surface area (Å²) in [6.45, 7) is 9.63. The number of amides is 4. The first-order chi connectivity index (χ1) is 40.2. The number of hydrogen-bond acceptors (Lipinski definition) is 20. The average Bonchev–Trinajstić information content (AvgIpc) is 1.63. The Morgan fingerprint density at radius 2 is 1.18 bits per heavy atom. The molecule has 0 spiro atoms. The van der Waals surface area contributed by atoms with E-state index in [2.05, 4.69) is 21.3 Å². The molecule has 7 N–H and O–H groups in total. The van der Waals surface area contributed by atoms with Crippen LogP contribution in [0.3, 0.4) is 0 Å². The van der Waals surface area contributed by atoms with Crippen molar-refractivity contribution >= 4 is 121 Å². The van der Waals surface area contributed by atoms with Gasteiger partial charge in [-0.1, -0.05) is 38.1 Å². The van der Waals surface area contributed by atoms with Gasteiger partial charge in [-0.3, -0.25) is 33.6 Å². The zero-order valence-corrected chi connectivity index (χ0v) is 50.7. The highest BCUT2D eigenvalue weighted by Crippen LogP contribution is 2.52. The maximum atomic E-state index is 13.2. The van der Waals surface area contributed by atoms with Gasteiger partial charge in [0.2, 0.25) is 29.3 Å². The van der Waals surface area contributed by atoms with Gasteiger partial charge in [0.15, 0.2) is 5.71 Å². The first kappa shape index (κ1) is 68.1. The van der Waals surface area contributed by atoms with Crippen LogP contribution in [-0.2, 0) is 84.9 Å². The molecular weight excluding hydrogens is 1220 g/mol. The van der Waals surface area contributed by atoms with Crippen LogP contribution in [0.4, 0.5) is 11.4 Å². The summed E-state index contributed by atoms with van der Waals surface area (Å²) in [6.07, 6.45) is 6.92. The van der Waals surface area contributed by atoms with Crippen molar-refractivity contribution in [2.45, 2.75) is 135 Å². The molecule has 28 nitrogen and oxygen atoms in total. The topological polar surface area (TPSA) is 463 Å². The molecule has 0 unspecified atom stereocenters. The molecule has 0 radical (unpaired) electrons. The summed E-state index contributed by atoms with van der Waals surface area (Å²) >= 11 is 0. The van der Waals surface area contributed by atoms with E-state index >= 15 is 0 Å². The lowest BCUT2D eigenvalue weighted by molar-refractivity contribution is -0.438. The lowest BCUT2D eigenvalue weighted by Crippen LogP contribution is -2.54. The number of benzene rings is 4. The minimum Gasteiger partial charge on any atom is -0.744 e. The molecule has 4 amide bonds. The van der Waals surface area contributed by atoms with Crippen LogP contribution in [0.2, 0.25) is 0 Å². The maximum absolute atomic E-state index is 13.2. The standard InChI is InChI=1S/C55H64N6O22S4/c1-7-60-39-20-17-33-35(24-31(84(72,73)74)26-41(33)86(78,79)80)49(39)54(3,4)43(60)14-10-8-11-15-44-55(5,6)50-36-25-32(85(75,76)77)27-42(87(81,82)83)34(36)18-21-40(50)61(44)23-13-9-12-16-45(62)59-38(28-48(66)67)51(68)56-29-46(63)58-37(19-22-47(64)65)52(69)57-30(2)53(70)71/h8,10-11,14-15,17-18,20-21,24-27,30,37-38H,7,9,12-13,16,19,22-23,28-29H2,1-6H3,(H10-,56,57,58,59,62,63,64,65,66,67,68,69,70,71,72,73,74,75,76,77,78,79,80,81,82,83)/p-3/t30-,37-,38-/m0/s1. The Bertz CT molecular complexity index is 4140. The van der Waals surface area contributed by atoms with Gasteiger partial charge in [0.05, 0.1) is 38.0 Å². The number of nitrogens with zero attached hydrogens (tertiary/aromatic N) is 2. The van der Waals surface area contributed by atoms with Crippen molar-refractivity contribution in [2.24, 2.45) is 0 Å². The number of hydrogen-bond donors (Lipinski definition) is 7. The number of carboxylic acids is 3. The molecular formula is C55H61N6O22S4-3. The number of carbonyl (C=O) groups is 7. The number of nitrogens with one attached hydrogen (secondary N) is 4. The van der Waals surface area contributed by atoms with Gasteiger partial charge in [-0.15, -0.1) is 0 Å². The van der Waals surface area contributed by atoms with E-state index in [0.717, 1.165) is 19.1 Å². The van der Waals surface area contributed by atoms with E-state index in [4.69, 9.17) is 10.2 Å². The van der Waals surface area contributed by atoms with Gasteiger partial charge in [0.25, 0.3) is 0 Å². The third kappa shape index (κ3) is 15.6. The van der Waals surface area contributed by atoms with Crippen LogP contribution in [0.15, 0.2) is 104 Å². The number of likely N-dealkylation sites (N-methyl/N-ethyl adjacent to an activating group) is 1. The van der Waals surface area contributed by atoms with Gasteiger partial charge in [0, 0.05) is 65.7 Å². The van der Waals surface area contributed by atoms with Gasteiger partial charge in [0.1, 0.15) is 65.1 Å². The Morgan fingerprint density at radius 3 is 1.71 bits per heavy atom. The Kier molecular flexibility index (Phi) is 20.5. The van der Waals surface area contributed by atoms with Crippen LogP contribution < -0.4 is 26.2 Å². The second-order valence-corrected chi connectivity index (χ2v) is 26.9. The fraction of sp³-hybridized carbons (Fsp3) is 0.382. The van der Waals surface area contributed by atoms with Gasteiger partial charge >= 0.3 is 17.9 Å². The summed E-state index contributed by atoms with van der Waals surface area (Å²) in [5.41, 5.74) is 0.761. The molecule has 470 valence electrons. The lowest BCUT2D eigenvalue weighted by atomic mass is 9.79. The molecule has 0 fully saturated rings. The molecule has 3 atom stereocenters. The molecule has 4 aromatic rings. The molecule has 6 rings (SSSR count). The van der Waals surface area contributed by atoms with E-state index < -0.39 is 156 Å². The molecule has 2 aliphatic heterocycles. The van der Waals surface area contributed by atoms with E-state index in [1.54, 1.807) is 64.1 Å². The van der Waals surface area contributed by atoms with Crippen LogP contribution in [0.1, 0.15) is 97.6 Å². The highest BCUT2D eigenvalue weighted by atomic mass is 32.2. The average molecular weight is 1290 g/mol. The van der Waals surface area contributed by atoms with Crippen molar-refractivity contribution in [1.82, 2.24) is 21.3 Å². The summed E-state index contributed by atoms with van der Waals surface area (Å²) < 4.78 is 151. The van der Waals surface area contributed by atoms with Gasteiger partial charge in [-0.2, -0.15) is 4.58 Å². The molecule has 0 aliphatic carbocycles. The molecule has 0 saturated carbocycles. The van der Waals surface area contributed by atoms with Crippen molar-refractivity contribution in [3.05, 3.63) is 95.7 Å². The van der Waals surface area contributed by atoms with E-state index in [-0.39, 0.29) is 40.9 Å². The third-order valence-corrected chi connectivity index (χ3v) is 18.1. The van der Waals surface area contributed by atoms with Crippen molar-refractivity contribution in [2.75, 3.05) is 24.5 Å². The molecule has 87 heavy (non-hydrogen) atoms. The number of allylic oxidation sites excluding steroid dienone is 6. The fourth-order valence-corrected chi connectivity index (χ4v) is 13.4. The number of carboxylic acid groups (broad SMARTS) is 3. The monoisotopic (exact) mass is 1290 g/mol. The largest absolute Gasteiger partial charge is 0.744 e. The summed E-state index contributed by atoms with van der Waals surface area (Å²) in [4.78, 5) is 84.0. The summed E-state index contributed by atoms with van der Waals surface area (Å²) in [7, 11) is -21.2. The highest BCUT2D eigenvalue weighted by molar-refractivity contribution is 7.87. The smallest absolute Gasteiger partial charge is 0.325 e. The van der Waals surface area contributed by atoms with Crippen molar-refractivity contribution in [3.8, 4) is 0 Å². The number of rotatable bonds is 27. The van der Waals surface area contributed by atoms with E-state index in [1.807, 2.05) is 16.4 Å². The summed E-state index contributed by atoms with van der Waals surface area (Å²) in [5.74, 6) is -8.23. The summed E-state index contributed by atoms with van der Waals surface area (Å²) in [6, 6.07) is 4.20. The zero-order chi connectivity index (χ0) is 65.1. The van der Waals surface area contributed by atoms with Gasteiger partial charge in [-0.05, 0) is 111 Å². The van der Waals surface area contributed by atoms with Crippen molar-refractivity contribution < 1.29 is 105 Å². The van der Waals surface area contributed by atoms with Gasteiger partial charge < -0.3 is 59.7 Å². The van der Waals surface area contributed by atoms with E-state index in [9.17, 15) is 90.6 Å². The van der Waals surface area contributed by atoms with Crippen molar-refractivity contribution in [1.29, 1.82) is 0 Å². The quantitative estimate of drug-likeness (QED) is 0.0195. The molecule has 2 heterocycles. The van der Waals surface area contributed by atoms with Crippen LogP contribution >= 0.6 is 0 Å². The molecule has 2 aliphatic rings. The third-order valence-electron chi connectivity index (χ3n) is 14.7. The Hall–Kier alpha value is -7.98. The normalized spacial score (nSPS) is 16.4. The Morgan fingerprint density at radius 1 is 0.621 bits per heavy atom. The number of unbranched alkanes of at least 4 members (excludes halogenated alkanes) is 2. The van der Waals surface area contributed by atoms with Crippen molar-refractivity contribution in [3.63, 3.8) is 0 Å². The number of carbonyl (C=O) groups excluding carboxylic acids is 4. The second-order valence-electron chi connectivity index (χ2n) is 21.5. The first-order valence-corrected chi connectivity index (χ1v) is 32.2. The zero-order valence-electron chi connectivity index (χ0n) is 47.4. The Balaban J connectivity index is 1.25. The fourth-order valence-electron chi connectivity index (χ4n) is 10.8. The predicted molar refractivity (Wildman–Crippen MR) is 305 cm³/mol. The first-order valence-electron chi connectivity index (χ1n) is 26.6. The maximum Gasteiger partial charge on any atom is 0.325 e. The highest BCUT2D eigenvalue weighted by Gasteiger charge is 2.46. The van der Waals surface area contributed by atoms with Crippen LogP contribution in [0.5, 0.6) is 0 Å². The molecule has 0 bridgehead atoms. The SMILES string of the molecule is CCN1/C(=C/C=C/C=C/C2=[N+](CCCCCC(=O)N[C@@H](CC(=O)O)C(=O)NCC(=O)N[C@@H](CCC(=O)O)C(=O)N[C@@H](C)C(=O)O)c3ccc4c(S(=O)(=O)[O-])cc(S(=O)(=O)[O-])cc4c3C2(C)C)C(C)(C)c2c1ccc1c(S(=O)(=O)[O-])cc(S(=O)(=O)[O-])cc21. The number of fused-ring (bicyclic) bond motifs is 6. The van der Waals surface area contributed by atoms with Gasteiger partial charge in [-0.25, -0.2) is 33.7 Å². The second kappa shape index (κ2) is 26.2. The predicted octanol–water partition coefficient (Wildman–Crippen LogP) is 2.37. The lowest BCUT2D eigenvalue weighted by Gasteiger charge is -2.26. The van der Waals surface area contributed by atoms with E-state index in [1.165, 1.54) is 18.2 Å². The summed E-state index contributed by atoms with van der Waals surface area (Å²) in [5, 5.41) is 36.3. The molecule has 4 aromatic carbocycles. The van der Waals surface area contributed by atoms with E-state index in [0.29, 0.717) is 65.4 Å². The minimum atomic E-state index is -5.37. The molecule has 32 heteroatoms. The minimum absolute atomic E-state index is 0.0279. The van der Waals surface area contributed by atoms with Crippen LogP contribution in [-0.4, -0.2) is 157 Å². The van der Waals surface area contributed by atoms with Crippen LogP contribution in [0, 0.1) is 0 Å². The number of anilines is 1. The molecule has 0 aromatic heterocycles. The van der Waals surface area contributed by atoms with Crippen LogP contribution in [0.25, 0.3) is 21.5 Å². The number of aliphatic carboxylic acids is 3. The Labute approximate surface area is 500 Å².